The topological polar surface area (TPSA) is 57.8 Å². The molecule has 0 N–H and O–H groups in total. The lowest BCUT2D eigenvalue weighted by Gasteiger charge is -2.08. The van der Waals surface area contributed by atoms with Crippen molar-refractivity contribution in [1.29, 1.82) is 0 Å². The summed E-state index contributed by atoms with van der Waals surface area (Å²) in [6, 6.07) is 10.1. The highest BCUT2D eigenvalue weighted by atomic mass is 16.5. The number of ether oxygens (including phenoxy) is 1. The van der Waals surface area contributed by atoms with Crippen LogP contribution in [0.5, 0.6) is 5.75 Å². The minimum Gasteiger partial charge on any atom is -0.485 e. The van der Waals surface area contributed by atoms with Crippen molar-refractivity contribution in [2.45, 2.75) is 40.8 Å². The Labute approximate surface area is 143 Å². The van der Waals surface area contributed by atoms with Gasteiger partial charge in [-0.25, -0.2) is 4.98 Å². The Bertz CT molecular complexity index is 761. The minimum absolute atomic E-state index is 0.497. The fourth-order valence-corrected chi connectivity index (χ4v) is 2.36. The molecular formula is C18H25N5O. The summed E-state index contributed by atoms with van der Waals surface area (Å²) in [5.74, 6) is 1.38. The van der Waals surface area contributed by atoms with E-state index in [4.69, 9.17) is 4.74 Å². The van der Waals surface area contributed by atoms with Crippen LogP contribution in [0.25, 0.3) is 11.5 Å². The first kappa shape index (κ1) is 17.7. The molecule has 3 rings (SSSR count). The number of rotatable bonds is 5. The van der Waals surface area contributed by atoms with Crippen molar-refractivity contribution >= 4 is 0 Å². The standard InChI is InChI=1S/C16H19N5O.C2H6/c1-4-21-14(16-17-11-20(3)19-16)15(12(2)18-21)22-10-13-8-6-5-7-9-13;1-2/h5-9,11H,4,10H2,1-3H3;1-2H3. The van der Waals surface area contributed by atoms with Gasteiger partial charge in [0.15, 0.2) is 5.75 Å². The molecule has 0 unspecified atom stereocenters. The van der Waals surface area contributed by atoms with Gasteiger partial charge in [0, 0.05) is 13.6 Å². The van der Waals surface area contributed by atoms with Crippen molar-refractivity contribution in [1.82, 2.24) is 24.5 Å². The van der Waals surface area contributed by atoms with E-state index in [0.29, 0.717) is 12.4 Å². The van der Waals surface area contributed by atoms with Crippen LogP contribution >= 0.6 is 0 Å². The summed E-state index contributed by atoms with van der Waals surface area (Å²) in [5, 5.41) is 8.91. The Morgan fingerprint density at radius 2 is 1.79 bits per heavy atom. The van der Waals surface area contributed by atoms with Crippen LogP contribution in [0.2, 0.25) is 0 Å². The third kappa shape index (κ3) is 3.82. The summed E-state index contributed by atoms with van der Waals surface area (Å²) >= 11 is 0. The minimum atomic E-state index is 0.497. The molecule has 0 fully saturated rings. The Hall–Kier alpha value is -2.63. The summed E-state index contributed by atoms with van der Waals surface area (Å²) in [5.41, 5.74) is 2.79. The molecule has 0 saturated carbocycles. The molecule has 6 nitrogen and oxygen atoms in total. The molecule has 0 amide bonds. The van der Waals surface area contributed by atoms with Gasteiger partial charge in [-0.3, -0.25) is 9.36 Å². The Kier molecular flexibility index (Phi) is 6.12. The zero-order chi connectivity index (χ0) is 17.5. The van der Waals surface area contributed by atoms with E-state index in [1.807, 2.05) is 69.8 Å². The fourth-order valence-electron chi connectivity index (χ4n) is 2.36. The number of hydrogen-bond donors (Lipinski definition) is 0. The molecule has 0 aliphatic heterocycles. The van der Waals surface area contributed by atoms with Crippen molar-refractivity contribution in [2.24, 2.45) is 7.05 Å². The van der Waals surface area contributed by atoms with Crippen LogP contribution in [0.4, 0.5) is 0 Å². The number of aromatic nitrogens is 5. The second kappa shape index (κ2) is 8.29. The smallest absolute Gasteiger partial charge is 0.203 e. The Balaban J connectivity index is 0.00000100. The van der Waals surface area contributed by atoms with Crippen molar-refractivity contribution in [3.05, 3.63) is 47.9 Å². The van der Waals surface area contributed by atoms with Crippen LogP contribution in [0.3, 0.4) is 0 Å². The molecular weight excluding hydrogens is 302 g/mol. The lowest BCUT2D eigenvalue weighted by molar-refractivity contribution is 0.305. The maximum absolute atomic E-state index is 6.03. The first-order valence-electron chi connectivity index (χ1n) is 8.29. The van der Waals surface area contributed by atoms with Gasteiger partial charge in [-0.15, -0.1) is 5.10 Å². The Morgan fingerprint density at radius 1 is 1.08 bits per heavy atom. The summed E-state index contributed by atoms with van der Waals surface area (Å²) in [4.78, 5) is 4.33. The average molecular weight is 327 g/mol. The SMILES string of the molecule is CC.CCn1nc(C)c(OCc2ccccc2)c1-c1ncn(C)n1. The van der Waals surface area contributed by atoms with E-state index >= 15 is 0 Å². The molecule has 1 aromatic carbocycles. The third-order valence-corrected chi connectivity index (χ3v) is 3.41. The number of hydrogen-bond acceptors (Lipinski definition) is 4. The van der Waals surface area contributed by atoms with Gasteiger partial charge in [0.25, 0.3) is 0 Å². The molecule has 2 aromatic heterocycles. The predicted molar refractivity (Wildman–Crippen MR) is 94.8 cm³/mol. The number of aryl methyl sites for hydroxylation is 3. The summed E-state index contributed by atoms with van der Waals surface area (Å²) in [6.07, 6.45) is 1.68. The van der Waals surface area contributed by atoms with Crippen LogP contribution in [0.1, 0.15) is 32.0 Å². The van der Waals surface area contributed by atoms with E-state index in [1.165, 1.54) is 0 Å². The summed E-state index contributed by atoms with van der Waals surface area (Å²) in [7, 11) is 1.85. The Morgan fingerprint density at radius 3 is 2.38 bits per heavy atom. The normalized spacial score (nSPS) is 10.2. The quantitative estimate of drug-likeness (QED) is 0.718. The second-order valence-corrected chi connectivity index (χ2v) is 5.10. The highest BCUT2D eigenvalue weighted by Gasteiger charge is 2.21. The van der Waals surface area contributed by atoms with E-state index in [0.717, 1.165) is 29.2 Å². The second-order valence-electron chi connectivity index (χ2n) is 5.10. The third-order valence-electron chi connectivity index (χ3n) is 3.41. The molecule has 128 valence electrons. The van der Waals surface area contributed by atoms with Crippen molar-refractivity contribution < 1.29 is 4.74 Å². The van der Waals surface area contributed by atoms with E-state index < -0.39 is 0 Å². The molecule has 0 radical (unpaired) electrons. The van der Waals surface area contributed by atoms with E-state index in [-0.39, 0.29) is 0 Å². The van der Waals surface area contributed by atoms with Gasteiger partial charge in [0.2, 0.25) is 5.82 Å². The predicted octanol–water partition coefficient (Wildman–Crippen LogP) is 3.61. The molecule has 6 heteroatoms. The van der Waals surface area contributed by atoms with Crippen LogP contribution in [0.15, 0.2) is 36.7 Å². The van der Waals surface area contributed by atoms with Gasteiger partial charge in [-0.05, 0) is 19.4 Å². The first-order valence-corrected chi connectivity index (χ1v) is 8.29. The zero-order valence-corrected chi connectivity index (χ0v) is 15.0. The van der Waals surface area contributed by atoms with E-state index in [2.05, 4.69) is 15.2 Å². The van der Waals surface area contributed by atoms with Crippen molar-refractivity contribution in [3.63, 3.8) is 0 Å². The van der Waals surface area contributed by atoms with Crippen LogP contribution < -0.4 is 4.74 Å². The van der Waals surface area contributed by atoms with Gasteiger partial charge in [-0.2, -0.15) is 5.10 Å². The van der Waals surface area contributed by atoms with Crippen LogP contribution in [0, 0.1) is 6.92 Å². The maximum atomic E-state index is 6.03. The van der Waals surface area contributed by atoms with Gasteiger partial charge >= 0.3 is 0 Å². The van der Waals surface area contributed by atoms with Crippen LogP contribution in [-0.4, -0.2) is 24.5 Å². The fraction of sp³-hybridized carbons (Fsp3) is 0.389. The summed E-state index contributed by atoms with van der Waals surface area (Å²) < 4.78 is 9.59. The molecule has 0 saturated heterocycles. The lowest BCUT2D eigenvalue weighted by Crippen LogP contribution is -2.02. The first-order chi connectivity index (χ1) is 11.7. The average Bonchev–Trinajstić information content (AvgIpc) is 3.18. The van der Waals surface area contributed by atoms with Gasteiger partial charge in [0.1, 0.15) is 24.3 Å². The molecule has 0 aliphatic rings. The lowest BCUT2D eigenvalue weighted by atomic mass is 10.2. The molecule has 0 atom stereocenters. The molecule has 2 heterocycles. The number of benzene rings is 1. The molecule has 0 aliphatic carbocycles. The zero-order valence-electron chi connectivity index (χ0n) is 15.0. The molecule has 24 heavy (non-hydrogen) atoms. The maximum Gasteiger partial charge on any atom is 0.203 e. The van der Waals surface area contributed by atoms with Gasteiger partial charge < -0.3 is 4.74 Å². The van der Waals surface area contributed by atoms with E-state index in [9.17, 15) is 0 Å². The monoisotopic (exact) mass is 327 g/mol. The molecule has 0 bridgehead atoms. The largest absolute Gasteiger partial charge is 0.485 e. The van der Waals surface area contributed by atoms with Gasteiger partial charge in [-0.1, -0.05) is 44.2 Å². The van der Waals surface area contributed by atoms with Gasteiger partial charge in [0.05, 0.1) is 0 Å². The molecule has 0 spiro atoms. The summed E-state index contributed by atoms with van der Waals surface area (Å²) in [6.45, 7) is 9.22. The highest BCUT2D eigenvalue weighted by Crippen LogP contribution is 2.31. The van der Waals surface area contributed by atoms with Crippen molar-refractivity contribution in [2.75, 3.05) is 0 Å². The molecule has 3 aromatic rings. The highest BCUT2D eigenvalue weighted by molar-refractivity contribution is 5.61. The van der Waals surface area contributed by atoms with Crippen LogP contribution in [-0.2, 0) is 20.2 Å². The van der Waals surface area contributed by atoms with Crippen molar-refractivity contribution in [3.8, 4) is 17.3 Å². The number of nitrogens with zero attached hydrogens (tertiary/aromatic N) is 5. The van der Waals surface area contributed by atoms with E-state index in [1.54, 1.807) is 11.0 Å².